The molecule has 0 amide bonds. The van der Waals surface area contributed by atoms with Gasteiger partial charge in [0, 0.05) is 39.5 Å². The van der Waals surface area contributed by atoms with E-state index in [2.05, 4.69) is 303 Å². The molecule has 0 aromatic heterocycles. The molecule has 0 bridgehead atoms. The maximum atomic E-state index is 2.41. The normalized spacial score (nSPS) is 12.2. The summed E-state index contributed by atoms with van der Waals surface area (Å²) in [5, 5.41) is 0. The van der Waals surface area contributed by atoms with Crippen LogP contribution in [0, 0.1) is 0 Å². The molecule has 0 heterocycles. The fourth-order valence-corrected chi connectivity index (χ4v) is 10.5. The van der Waals surface area contributed by atoms with Crippen LogP contribution in [0.15, 0.2) is 279 Å². The lowest BCUT2D eigenvalue weighted by atomic mass is 9.82. The Morgan fingerprint density at radius 3 is 0.901 bits per heavy atom. The van der Waals surface area contributed by atoms with Gasteiger partial charge in [0.25, 0.3) is 0 Å². The fraction of sp³-hybridized carbons (Fsp3) is 0.0435. The summed E-state index contributed by atoms with van der Waals surface area (Å²) in [6.45, 7) is 4.70. The van der Waals surface area contributed by atoms with Crippen LogP contribution < -0.4 is 9.80 Å². The maximum Gasteiger partial charge on any atom is 0.0473 e. The van der Waals surface area contributed by atoms with Gasteiger partial charge < -0.3 is 9.80 Å². The highest BCUT2D eigenvalue weighted by Gasteiger charge is 2.35. The van der Waals surface area contributed by atoms with Crippen molar-refractivity contribution in [3.8, 4) is 66.8 Å². The van der Waals surface area contributed by atoms with Gasteiger partial charge in [-0.15, -0.1) is 0 Å². The fourth-order valence-electron chi connectivity index (χ4n) is 10.5. The van der Waals surface area contributed by atoms with Gasteiger partial charge in [0.15, 0.2) is 0 Å². The van der Waals surface area contributed by atoms with E-state index < -0.39 is 0 Å². The van der Waals surface area contributed by atoms with E-state index in [1.807, 2.05) is 0 Å². The molecule has 0 unspecified atom stereocenters. The Bertz CT molecular complexity index is 3550. The topological polar surface area (TPSA) is 6.48 Å². The molecule has 0 aliphatic heterocycles. The molecule has 0 radical (unpaired) electrons. The molecule has 0 spiro atoms. The highest BCUT2D eigenvalue weighted by atomic mass is 15.1. The molecule has 0 saturated heterocycles. The van der Waals surface area contributed by atoms with E-state index in [9.17, 15) is 0 Å². The summed E-state index contributed by atoms with van der Waals surface area (Å²) < 4.78 is 0. The highest BCUT2D eigenvalue weighted by Crippen LogP contribution is 2.51. The summed E-state index contributed by atoms with van der Waals surface area (Å²) in [7, 11) is 0. The molecule has 0 fully saturated rings. The minimum Gasteiger partial charge on any atom is -0.310 e. The number of benzene rings is 11. The van der Waals surface area contributed by atoms with Gasteiger partial charge in [-0.25, -0.2) is 0 Å². The van der Waals surface area contributed by atoms with Crippen LogP contribution in [-0.4, -0.2) is 0 Å². The molecule has 1 aliphatic rings. The summed E-state index contributed by atoms with van der Waals surface area (Å²) in [6, 6.07) is 101. The summed E-state index contributed by atoms with van der Waals surface area (Å²) in [4.78, 5) is 4.78. The predicted octanol–water partition coefficient (Wildman–Crippen LogP) is 19.3. The predicted molar refractivity (Wildman–Crippen MR) is 301 cm³/mol. The number of hydrogen-bond donors (Lipinski definition) is 0. The van der Waals surface area contributed by atoms with E-state index >= 15 is 0 Å². The van der Waals surface area contributed by atoms with E-state index in [1.54, 1.807) is 0 Å². The second-order valence-corrected chi connectivity index (χ2v) is 19.0. The molecule has 0 saturated carbocycles. The summed E-state index contributed by atoms with van der Waals surface area (Å²) in [5.41, 5.74) is 23.6. The van der Waals surface area contributed by atoms with Crippen molar-refractivity contribution in [2.24, 2.45) is 0 Å². The van der Waals surface area contributed by atoms with Crippen molar-refractivity contribution < 1.29 is 0 Å². The minimum absolute atomic E-state index is 0.114. The number of nitrogens with zero attached hydrogens (tertiary/aromatic N) is 2. The Morgan fingerprint density at radius 1 is 0.211 bits per heavy atom. The molecule has 71 heavy (non-hydrogen) atoms. The molecule has 12 rings (SSSR count). The first-order valence-corrected chi connectivity index (χ1v) is 24.6. The monoisotopic (exact) mass is 908 g/mol. The lowest BCUT2D eigenvalue weighted by molar-refractivity contribution is 0.660. The molecule has 2 nitrogen and oxygen atoms in total. The molecular formula is C69H52N2. The highest BCUT2D eigenvalue weighted by molar-refractivity contribution is 5.88. The number of hydrogen-bond acceptors (Lipinski definition) is 2. The molecule has 338 valence electrons. The van der Waals surface area contributed by atoms with Gasteiger partial charge in [0.1, 0.15) is 0 Å². The van der Waals surface area contributed by atoms with Crippen LogP contribution in [0.25, 0.3) is 66.8 Å². The van der Waals surface area contributed by atoms with Gasteiger partial charge in [-0.2, -0.15) is 0 Å². The summed E-state index contributed by atoms with van der Waals surface area (Å²) in [5.74, 6) is 0. The van der Waals surface area contributed by atoms with Crippen molar-refractivity contribution in [2.75, 3.05) is 9.80 Å². The van der Waals surface area contributed by atoms with Crippen molar-refractivity contribution in [2.45, 2.75) is 19.3 Å². The van der Waals surface area contributed by atoms with Gasteiger partial charge >= 0.3 is 0 Å². The van der Waals surface area contributed by atoms with Gasteiger partial charge in [-0.3, -0.25) is 0 Å². The Labute approximate surface area is 418 Å². The lowest BCUT2D eigenvalue weighted by Gasteiger charge is -2.28. The smallest absolute Gasteiger partial charge is 0.0473 e. The van der Waals surface area contributed by atoms with E-state index in [-0.39, 0.29) is 5.41 Å². The van der Waals surface area contributed by atoms with Crippen molar-refractivity contribution >= 4 is 34.1 Å². The SMILES string of the molecule is CC1(C)c2ccccc2-c2ccc(N(c3ccc(-c4ccccc4)cc3)c3ccc(-c4ccc(N(c5ccc(-c6ccccc6)cc5)c5cc(-c6ccccc6)cc(-c6ccccc6)c5)cc4)cc3)cc21. The molecule has 11 aromatic carbocycles. The largest absolute Gasteiger partial charge is 0.310 e. The van der Waals surface area contributed by atoms with Gasteiger partial charge in [-0.1, -0.05) is 214 Å². The van der Waals surface area contributed by atoms with Crippen LogP contribution >= 0.6 is 0 Å². The van der Waals surface area contributed by atoms with Crippen molar-refractivity contribution in [1.82, 2.24) is 0 Å². The third-order valence-electron chi connectivity index (χ3n) is 14.3. The Kier molecular flexibility index (Phi) is 11.3. The van der Waals surface area contributed by atoms with E-state index in [4.69, 9.17) is 0 Å². The number of rotatable bonds is 11. The van der Waals surface area contributed by atoms with Gasteiger partial charge in [-0.05, 0) is 157 Å². The van der Waals surface area contributed by atoms with E-state index in [1.165, 1.54) is 66.8 Å². The maximum absolute atomic E-state index is 2.41. The van der Waals surface area contributed by atoms with Crippen molar-refractivity contribution in [3.63, 3.8) is 0 Å². The van der Waals surface area contributed by atoms with Crippen LogP contribution in [-0.2, 0) is 5.41 Å². The Morgan fingerprint density at radius 2 is 0.507 bits per heavy atom. The Balaban J connectivity index is 0.917. The standard InChI is InChI=1S/C69H52N2/c1-69(2)67-26-16-15-25-65(67)66-44-43-63(48-68(66)69)70(59-35-27-53(28-36-59)49-17-7-3-8-18-49)60-37-31-55(32-38-60)56-33-41-62(42-34-56)71(61-39-29-54(30-40-61)50-19-9-4-10-20-50)64-46-57(51-21-11-5-12-22-51)45-58(47-64)52-23-13-6-14-24-52/h3-48H,1-2H3. The first-order chi connectivity index (χ1) is 34.9. The van der Waals surface area contributed by atoms with Gasteiger partial charge in [0.2, 0.25) is 0 Å². The van der Waals surface area contributed by atoms with Crippen LogP contribution in [0.5, 0.6) is 0 Å². The van der Waals surface area contributed by atoms with Gasteiger partial charge in [0.05, 0.1) is 0 Å². The minimum atomic E-state index is -0.114. The molecule has 1 aliphatic carbocycles. The second kappa shape index (κ2) is 18.5. The van der Waals surface area contributed by atoms with E-state index in [0.29, 0.717) is 0 Å². The molecule has 11 aromatic rings. The number of fused-ring (bicyclic) bond motifs is 3. The van der Waals surface area contributed by atoms with Crippen LogP contribution in [0.4, 0.5) is 34.1 Å². The van der Waals surface area contributed by atoms with Crippen molar-refractivity contribution in [1.29, 1.82) is 0 Å². The van der Waals surface area contributed by atoms with Crippen LogP contribution in [0.2, 0.25) is 0 Å². The first-order valence-electron chi connectivity index (χ1n) is 24.6. The zero-order valence-electron chi connectivity index (χ0n) is 40.0. The zero-order chi connectivity index (χ0) is 47.7. The molecule has 0 N–H and O–H groups in total. The third kappa shape index (κ3) is 8.41. The molecule has 2 heteroatoms. The third-order valence-corrected chi connectivity index (χ3v) is 14.3. The Hall–Kier alpha value is -8.98. The zero-order valence-corrected chi connectivity index (χ0v) is 40.0. The number of anilines is 6. The second-order valence-electron chi connectivity index (χ2n) is 19.0. The first kappa shape index (κ1) is 43.3. The lowest BCUT2D eigenvalue weighted by Crippen LogP contribution is -2.16. The average Bonchev–Trinajstić information content (AvgIpc) is 3.67. The van der Waals surface area contributed by atoms with Crippen molar-refractivity contribution in [3.05, 3.63) is 290 Å². The summed E-state index contributed by atoms with van der Waals surface area (Å²) in [6.07, 6.45) is 0. The quantitative estimate of drug-likeness (QED) is 0.128. The van der Waals surface area contributed by atoms with Crippen LogP contribution in [0.3, 0.4) is 0 Å². The molecule has 0 atom stereocenters. The van der Waals surface area contributed by atoms with E-state index in [0.717, 1.165) is 45.3 Å². The van der Waals surface area contributed by atoms with Crippen LogP contribution in [0.1, 0.15) is 25.0 Å². The average molecular weight is 909 g/mol. The summed E-state index contributed by atoms with van der Waals surface area (Å²) >= 11 is 0. The molecular weight excluding hydrogens is 857 g/mol.